The van der Waals surface area contributed by atoms with Gasteiger partial charge in [-0.3, -0.25) is 4.99 Å². The van der Waals surface area contributed by atoms with Gasteiger partial charge in [-0.1, -0.05) is 27.7 Å². The molecule has 2 N–H and O–H groups in total. The van der Waals surface area contributed by atoms with Crippen LogP contribution in [0.3, 0.4) is 0 Å². The van der Waals surface area contributed by atoms with E-state index in [0.29, 0.717) is 26.1 Å². The van der Waals surface area contributed by atoms with E-state index in [1.165, 1.54) is 0 Å². The molecule has 1 aliphatic rings. The molecule has 0 atom stereocenters. The second kappa shape index (κ2) is 10.7. The van der Waals surface area contributed by atoms with Gasteiger partial charge in [-0.15, -0.1) is 11.3 Å². The maximum absolute atomic E-state index is 12.2. The molecule has 1 fully saturated rings. The third-order valence-electron chi connectivity index (χ3n) is 4.91. The Hall–Kier alpha value is -1.19. The molecule has 0 aliphatic carbocycles. The molecule has 7 nitrogen and oxygen atoms in total. The molecule has 9 heteroatoms. The van der Waals surface area contributed by atoms with Crippen molar-refractivity contribution in [2.24, 2.45) is 4.99 Å². The van der Waals surface area contributed by atoms with E-state index in [1.807, 2.05) is 13.8 Å². The smallest absolute Gasteiger partial charge is 0.214 e. The molecule has 0 amide bonds. The summed E-state index contributed by atoms with van der Waals surface area (Å²) in [6, 6.07) is 0.244. The zero-order chi connectivity index (χ0) is 21.5. The normalized spacial score (nSPS) is 17.5. The summed E-state index contributed by atoms with van der Waals surface area (Å²) in [4.78, 5) is 9.43. The Kier molecular flexibility index (Phi) is 8.91. The van der Waals surface area contributed by atoms with Gasteiger partial charge in [0.25, 0.3) is 0 Å². The van der Waals surface area contributed by atoms with Crippen LogP contribution >= 0.6 is 11.3 Å². The van der Waals surface area contributed by atoms with Crippen molar-refractivity contribution in [1.29, 1.82) is 0 Å². The fourth-order valence-electron chi connectivity index (χ4n) is 3.21. The minimum absolute atomic E-state index is 0.0774. The summed E-state index contributed by atoms with van der Waals surface area (Å²) in [6.45, 7) is 13.1. The van der Waals surface area contributed by atoms with Gasteiger partial charge in [-0.05, 0) is 26.2 Å². The van der Waals surface area contributed by atoms with E-state index in [-0.39, 0.29) is 17.2 Å². The van der Waals surface area contributed by atoms with Crippen LogP contribution in [0, 0.1) is 0 Å². The Bertz CT molecular complexity index is 760. The lowest BCUT2D eigenvalue weighted by Gasteiger charge is -2.32. The minimum Gasteiger partial charge on any atom is -0.357 e. The Morgan fingerprint density at radius 3 is 2.55 bits per heavy atom. The van der Waals surface area contributed by atoms with Crippen molar-refractivity contribution in [2.75, 3.05) is 31.9 Å². The van der Waals surface area contributed by atoms with E-state index in [4.69, 9.17) is 9.98 Å². The first-order valence-electron chi connectivity index (χ1n) is 10.6. The molecule has 1 aromatic rings. The molecule has 0 unspecified atom stereocenters. The van der Waals surface area contributed by atoms with Crippen LogP contribution < -0.4 is 10.6 Å². The van der Waals surface area contributed by atoms with Gasteiger partial charge in [0.15, 0.2) is 5.96 Å². The molecular formula is C20H37N5O2S2. The molecule has 0 aromatic carbocycles. The van der Waals surface area contributed by atoms with Crippen LogP contribution in [0.4, 0.5) is 0 Å². The van der Waals surface area contributed by atoms with Gasteiger partial charge >= 0.3 is 0 Å². The number of guanidine groups is 1. The van der Waals surface area contributed by atoms with Crippen molar-refractivity contribution in [3.05, 3.63) is 16.1 Å². The van der Waals surface area contributed by atoms with Crippen molar-refractivity contribution >= 4 is 27.3 Å². The molecule has 1 aromatic heterocycles. The lowest BCUT2D eigenvalue weighted by atomic mass is 9.93. The number of nitrogens with one attached hydrogen (secondary N) is 2. The van der Waals surface area contributed by atoms with Gasteiger partial charge < -0.3 is 10.6 Å². The maximum atomic E-state index is 12.2. The second-order valence-electron chi connectivity index (χ2n) is 8.52. The Labute approximate surface area is 180 Å². The summed E-state index contributed by atoms with van der Waals surface area (Å²) in [5.74, 6) is 1.04. The number of sulfonamides is 1. The fraction of sp³-hybridized carbons (Fsp3) is 0.800. The average molecular weight is 444 g/mol. The topological polar surface area (TPSA) is 86.7 Å². The van der Waals surface area contributed by atoms with Crippen molar-refractivity contribution in [3.63, 3.8) is 0 Å². The summed E-state index contributed by atoms with van der Waals surface area (Å²) in [6.07, 6.45) is 3.09. The summed E-state index contributed by atoms with van der Waals surface area (Å²) >= 11 is 1.70. The predicted molar refractivity (Wildman–Crippen MR) is 122 cm³/mol. The molecule has 2 heterocycles. The number of aliphatic imine (C=N–C) groups is 1. The molecule has 0 radical (unpaired) electrons. The van der Waals surface area contributed by atoms with Crippen LogP contribution in [-0.4, -0.2) is 61.6 Å². The molecule has 166 valence electrons. The van der Waals surface area contributed by atoms with Crippen LogP contribution in [0.15, 0.2) is 10.4 Å². The lowest BCUT2D eigenvalue weighted by Crippen LogP contribution is -2.50. The van der Waals surface area contributed by atoms with Gasteiger partial charge in [0, 0.05) is 49.4 Å². The second-order valence-corrected chi connectivity index (χ2v) is 11.6. The molecule has 0 bridgehead atoms. The predicted octanol–water partition coefficient (Wildman–Crippen LogP) is 2.74. The van der Waals surface area contributed by atoms with E-state index in [9.17, 15) is 8.42 Å². The van der Waals surface area contributed by atoms with E-state index >= 15 is 0 Å². The van der Waals surface area contributed by atoms with Crippen molar-refractivity contribution in [3.8, 4) is 0 Å². The Balaban J connectivity index is 1.86. The number of thiazole rings is 1. The first-order chi connectivity index (χ1) is 13.7. The van der Waals surface area contributed by atoms with E-state index in [1.54, 1.807) is 15.6 Å². The van der Waals surface area contributed by atoms with Crippen LogP contribution in [0.25, 0.3) is 0 Å². The van der Waals surface area contributed by atoms with Gasteiger partial charge in [0.2, 0.25) is 10.0 Å². The third kappa shape index (κ3) is 7.53. The van der Waals surface area contributed by atoms with Crippen LogP contribution in [0.5, 0.6) is 0 Å². The first kappa shape index (κ1) is 24.1. The fourth-order valence-corrected chi connectivity index (χ4v) is 5.77. The van der Waals surface area contributed by atoms with Crippen molar-refractivity contribution < 1.29 is 8.42 Å². The number of piperidine rings is 1. The number of nitrogens with zero attached hydrogens (tertiary/aromatic N) is 3. The van der Waals surface area contributed by atoms with E-state index in [2.05, 4.69) is 36.8 Å². The zero-order valence-electron chi connectivity index (χ0n) is 18.5. The van der Waals surface area contributed by atoms with Crippen LogP contribution in [0.1, 0.15) is 64.6 Å². The molecule has 0 spiro atoms. The maximum Gasteiger partial charge on any atom is 0.214 e. The largest absolute Gasteiger partial charge is 0.357 e. The summed E-state index contributed by atoms with van der Waals surface area (Å²) in [5, 5.41) is 10.0. The standard InChI is InChI=1S/C20H37N5O2S2/c1-6-14-29(26,27)25-12-9-16(10-13-25)23-19(21-7-2)22-11-8-18-24-17(15-28-18)20(3,4)5/h15-16H,6-14H2,1-5H3,(H2,21,22,23). The highest BCUT2D eigenvalue weighted by Gasteiger charge is 2.27. The molecule has 1 saturated heterocycles. The molecule has 1 aliphatic heterocycles. The average Bonchev–Trinajstić information content (AvgIpc) is 3.12. The molecular weight excluding hydrogens is 406 g/mol. The molecule has 29 heavy (non-hydrogen) atoms. The quantitative estimate of drug-likeness (QED) is 0.477. The molecule has 0 saturated carbocycles. The van der Waals surface area contributed by atoms with Gasteiger partial charge in [-0.25, -0.2) is 17.7 Å². The number of hydrogen-bond acceptors (Lipinski definition) is 5. The number of rotatable bonds is 8. The summed E-state index contributed by atoms with van der Waals surface area (Å²) in [5.41, 5.74) is 1.21. The number of aromatic nitrogens is 1. The first-order valence-corrected chi connectivity index (χ1v) is 13.1. The summed E-state index contributed by atoms with van der Waals surface area (Å²) < 4.78 is 26.1. The van der Waals surface area contributed by atoms with E-state index < -0.39 is 10.0 Å². The van der Waals surface area contributed by atoms with Crippen molar-refractivity contribution in [2.45, 2.75) is 71.8 Å². The number of hydrogen-bond donors (Lipinski definition) is 2. The Morgan fingerprint density at radius 2 is 2.00 bits per heavy atom. The van der Waals surface area contributed by atoms with E-state index in [0.717, 1.165) is 42.5 Å². The monoisotopic (exact) mass is 443 g/mol. The van der Waals surface area contributed by atoms with Gasteiger partial charge in [-0.2, -0.15) is 0 Å². The third-order valence-corrected chi connectivity index (χ3v) is 7.89. The zero-order valence-corrected chi connectivity index (χ0v) is 20.1. The Morgan fingerprint density at radius 1 is 1.31 bits per heavy atom. The molecule has 2 rings (SSSR count). The summed E-state index contributed by atoms with van der Waals surface area (Å²) in [7, 11) is -3.10. The SMILES string of the molecule is CCCS(=O)(=O)N1CCC(NC(=NCCc2nc(C(C)(C)C)cs2)NCC)CC1. The van der Waals surface area contributed by atoms with Gasteiger partial charge in [0.05, 0.1) is 16.5 Å². The van der Waals surface area contributed by atoms with Crippen LogP contribution in [0.2, 0.25) is 0 Å². The minimum atomic E-state index is -3.10. The lowest BCUT2D eigenvalue weighted by molar-refractivity contribution is 0.306. The highest BCUT2D eigenvalue weighted by Crippen LogP contribution is 2.24. The highest BCUT2D eigenvalue weighted by atomic mass is 32.2. The van der Waals surface area contributed by atoms with Crippen LogP contribution in [-0.2, 0) is 21.9 Å². The highest BCUT2D eigenvalue weighted by molar-refractivity contribution is 7.89. The van der Waals surface area contributed by atoms with Gasteiger partial charge in [0.1, 0.15) is 0 Å². The van der Waals surface area contributed by atoms with Crippen molar-refractivity contribution in [1.82, 2.24) is 19.9 Å².